The van der Waals surface area contributed by atoms with Crippen molar-refractivity contribution in [2.75, 3.05) is 17.2 Å². The van der Waals surface area contributed by atoms with Gasteiger partial charge in [-0.3, -0.25) is 9.10 Å². The Hall–Kier alpha value is -2.25. The summed E-state index contributed by atoms with van der Waals surface area (Å²) in [5.41, 5.74) is 2.09. The zero-order chi connectivity index (χ0) is 21.6. The molecule has 0 radical (unpaired) electrons. The van der Waals surface area contributed by atoms with Crippen molar-refractivity contribution < 1.29 is 17.9 Å². The molecule has 29 heavy (non-hydrogen) atoms. The van der Waals surface area contributed by atoms with Gasteiger partial charge >= 0.3 is 0 Å². The fourth-order valence-corrected chi connectivity index (χ4v) is 4.33. The van der Waals surface area contributed by atoms with Gasteiger partial charge in [0.1, 0.15) is 11.8 Å². The van der Waals surface area contributed by atoms with Crippen LogP contribution in [0.4, 0.5) is 5.69 Å². The third kappa shape index (κ3) is 6.11. The molecule has 1 N–H and O–H groups in total. The molecule has 0 aliphatic heterocycles. The summed E-state index contributed by atoms with van der Waals surface area (Å²) in [6.07, 6.45) is 1.40. The van der Waals surface area contributed by atoms with E-state index in [2.05, 4.69) is 5.32 Å². The third-order valence-electron chi connectivity index (χ3n) is 4.44. The number of sulfonamides is 1. The fraction of sp³-hybridized carbons (Fsp3) is 0.381. The van der Waals surface area contributed by atoms with Crippen molar-refractivity contribution in [3.05, 3.63) is 58.6 Å². The molecule has 0 aromatic heterocycles. The van der Waals surface area contributed by atoms with E-state index in [9.17, 15) is 13.2 Å². The number of ether oxygens (including phenoxy) is 1. The lowest BCUT2D eigenvalue weighted by molar-refractivity contribution is -0.122. The smallest absolute Gasteiger partial charge is 0.244 e. The summed E-state index contributed by atoms with van der Waals surface area (Å²) in [6.45, 7) is 6.38. The quantitative estimate of drug-likeness (QED) is 0.644. The number of benzene rings is 2. The minimum atomic E-state index is -3.70. The molecular weight excluding hydrogens is 412 g/mol. The van der Waals surface area contributed by atoms with E-state index >= 15 is 0 Å². The van der Waals surface area contributed by atoms with Crippen molar-refractivity contribution in [3.63, 3.8) is 0 Å². The van der Waals surface area contributed by atoms with Gasteiger partial charge in [0, 0.05) is 11.6 Å². The number of nitrogens with zero attached hydrogens (tertiary/aromatic N) is 1. The maximum atomic E-state index is 12.9. The second-order valence-electron chi connectivity index (χ2n) is 6.71. The number of carbonyl (C=O) groups is 1. The summed E-state index contributed by atoms with van der Waals surface area (Å²) in [4.78, 5) is 12.9. The van der Waals surface area contributed by atoms with Gasteiger partial charge in [-0.15, -0.1) is 0 Å². The molecule has 0 bridgehead atoms. The molecule has 8 heteroatoms. The van der Waals surface area contributed by atoms with Crippen LogP contribution in [-0.2, 0) is 21.4 Å². The predicted molar refractivity (Wildman–Crippen MR) is 117 cm³/mol. The van der Waals surface area contributed by atoms with Crippen LogP contribution in [0.15, 0.2) is 42.5 Å². The van der Waals surface area contributed by atoms with Crippen molar-refractivity contribution in [2.45, 2.75) is 39.8 Å². The molecule has 158 valence electrons. The molecule has 1 amide bonds. The summed E-state index contributed by atoms with van der Waals surface area (Å²) >= 11 is 6.18. The predicted octanol–water partition coefficient (Wildman–Crippen LogP) is 3.91. The zero-order valence-electron chi connectivity index (χ0n) is 17.1. The van der Waals surface area contributed by atoms with Crippen molar-refractivity contribution in [3.8, 4) is 5.75 Å². The first kappa shape index (κ1) is 23.0. The number of hydrogen-bond donors (Lipinski definition) is 1. The Morgan fingerprint density at radius 2 is 1.83 bits per heavy atom. The Morgan fingerprint density at radius 1 is 1.17 bits per heavy atom. The lowest BCUT2D eigenvalue weighted by Gasteiger charge is -2.30. The van der Waals surface area contributed by atoms with E-state index in [1.165, 1.54) is 0 Å². The first-order valence-electron chi connectivity index (χ1n) is 9.42. The van der Waals surface area contributed by atoms with E-state index in [4.69, 9.17) is 16.3 Å². The highest BCUT2D eigenvalue weighted by molar-refractivity contribution is 7.92. The molecule has 2 aromatic rings. The number of halogens is 1. The summed E-state index contributed by atoms with van der Waals surface area (Å²) in [5.74, 6) is 0.386. The normalized spacial score (nSPS) is 12.3. The zero-order valence-corrected chi connectivity index (χ0v) is 18.7. The molecule has 0 aliphatic carbocycles. The van der Waals surface area contributed by atoms with Gasteiger partial charge in [-0.25, -0.2) is 8.42 Å². The SMILES string of the molecule is CCOc1ccc(CNC(=O)[C@@H](CC)N(c2ccc(C)c(Cl)c2)S(C)(=O)=O)cc1. The minimum Gasteiger partial charge on any atom is -0.494 e. The van der Waals surface area contributed by atoms with Crippen LogP contribution in [0.25, 0.3) is 0 Å². The van der Waals surface area contributed by atoms with Crippen molar-refractivity contribution >= 4 is 33.2 Å². The van der Waals surface area contributed by atoms with E-state index in [1.807, 2.05) is 38.1 Å². The van der Waals surface area contributed by atoms with E-state index in [0.29, 0.717) is 23.7 Å². The average Bonchev–Trinajstić information content (AvgIpc) is 2.67. The van der Waals surface area contributed by atoms with Gasteiger partial charge in [0.2, 0.25) is 15.9 Å². The van der Waals surface area contributed by atoms with E-state index < -0.39 is 16.1 Å². The Labute approximate surface area is 177 Å². The Bertz CT molecular complexity index is 946. The molecule has 0 fully saturated rings. The highest BCUT2D eigenvalue weighted by Gasteiger charge is 2.31. The van der Waals surface area contributed by atoms with Crippen molar-refractivity contribution in [2.24, 2.45) is 0 Å². The molecule has 2 rings (SSSR count). The van der Waals surface area contributed by atoms with Gasteiger partial charge in [-0.05, 0) is 55.7 Å². The van der Waals surface area contributed by atoms with Crippen LogP contribution in [0.5, 0.6) is 5.75 Å². The highest BCUT2D eigenvalue weighted by atomic mass is 35.5. The highest BCUT2D eigenvalue weighted by Crippen LogP contribution is 2.27. The van der Waals surface area contributed by atoms with E-state index in [0.717, 1.165) is 27.4 Å². The topological polar surface area (TPSA) is 75.7 Å². The minimum absolute atomic E-state index is 0.286. The van der Waals surface area contributed by atoms with Crippen LogP contribution < -0.4 is 14.4 Å². The van der Waals surface area contributed by atoms with Gasteiger partial charge in [0.15, 0.2) is 0 Å². The molecule has 0 saturated heterocycles. The Kier molecular flexibility index (Phi) is 7.93. The number of aryl methyl sites for hydroxylation is 1. The van der Waals surface area contributed by atoms with Gasteiger partial charge in [-0.1, -0.05) is 36.7 Å². The molecular formula is C21H27ClN2O4S. The maximum Gasteiger partial charge on any atom is 0.244 e. The molecule has 0 heterocycles. The molecule has 1 atom stereocenters. The van der Waals surface area contributed by atoms with Crippen LogP contribution in [0.3, 0.4) is 0 Å². The third-order valence-corrected chi connectivity index (χ3v) is 6.03. The lowest BCUT2D eigenvalue weighted by Crippen LogP contribution is -2.49. The molecule has 0 saturated carbocycles. The summed E-state index contributed by atoms with van der Waals surface area (Å²) in [6, 6.07) is 11.5. The van der Waals surface area contributed by atoms with E-state index in [-0.39, 0.29) is 12.5 Å². The first-order chi connectivity index (χ1) is 13.7. The number of carbonyl (C=O) groups excluding carboxylic acids is 1. The van der Waals surface area contributed by atoms with Gasteiger partial charge in [0.25, 0.3) is 0 Å². The van der Waals surface area contributed by atoms with E-state index in [1.54, 1.807) is 25.1 Å². The summed E-state index contributed by atoms with van der Waals surface area (Å²) in [7, 11) is -3.70. The van der Waals surface area contributed by atoms with Gasteiger partial charge < -0.3 is 10.1 Å². The number of hydrogen-bond acceptors (Lipinski definition) is 4. The summed E-state index contributed by atoms with van der Waals surface area (Å²) < 4.78 is 31.5. The number of anilines is 1. The molecule has 0 aliphatic rings. The standard InChI is InChI=1S/C21H27ClN2O4S/c1-5-20(21(25)23-14-16-8-11-18(12-9-16)28-6-2)24(29(4,26)27)17-10-7-15(3)19(22)13-17/h7-13,20H,5-6,14H2,1-4H3,(H,23,25)/t20-/m1/s1. The second kappa shape index (κ2) is 9.98. The van der Waals surface area contributed by atoms with Gasteiger partial charge in [-0.2, -0.15) is 0 Å². The monoisotopic (exact) mass is 438 g/mol. The Morgan fingerprint density at radius 3 is 2.34 bits per heavy atom. The van der Waals surface area contributed by atoms with Crippen molar-refractivity contribution in [1.29, 1.82) is 0 Å². The maximum absolute atomic E-state index is 12.9. The van der Waals surface area contributed by atoms with Crippen LogP contribution >= 0.6 is 11.6 Å². The Balaban J connectivity index is 2.20. The van der Waals surface area contributed by atoms with Crippen LogP contribution in [0.2, 0.25) is 5.02 Å². The average molecular weight is 439 g/mol. The molecule has 2 aromatic carbocycles. The second-order valence-corrected chi connectivity index (χ2v) is 8.98. The fourth-order valence-electron chi connectivity index (χ4n) is 2.96. The van der Waals surface area contributed by atoms with Crippen LogP contribution in [-0.4, -0.2) is 33.2 Å². The lowest BCUT2D eigenvalue weighted by atomic mass is 10.1. The largest absolute Gasteiger partial charge is 0.494 e. The molecule has 6 nitrogen and oxygen atoms in total. The van der Waals surface area contributed by atoms with Crippen LogP contribution in [0, 0.1) is 6.92 Å². The van der Waals surface area contributed by atoms with Crippen LogP contribution in [0.1, 0.15) is 31.4 Å². The number of nitrogens with one attached hydrogen (secondary N) is 1. The van der Waals surface area contributed by atoms with Gasteiger partial charge in [0.05, 0.1) is 18.6 Å². The molecule has 0 spiro atoms. The first-order valence-corrected chi connectivity index (χ1v) is 11.6. The van der Waals surface area contributed by atoms with Crippen molar-refractivity contribution in [1.82, 2.24) is 5.32 Å². The number of amides is 1. The number of rotatable bonds is 9. The summed E-state index contributed by atoms with van der Waals surface area (Å²) in [5, 5.41) is 3.28. The molecule has 0 unspecified atom stereocenters.